The average molecular weight is 286 g/mol. The van der Waals surface area contributed by atoms with Crippen molar-refractivity contribution in [3.8, 4) is 0 Å². The molecule has 20 heavy (non-hydrogen) atoms. The molecule has 0 aliphatic heterocycles. The number of hydrogen-bond donors (Lipinski definition) is 2. The second-order valence-corrected chi connectivity index (χ2v) is 6.80. The lowest BCUT2D eigenvalue weighted by molar-refractivity contribution is -0.126. The van der Waals surface area contributed by atoms with Gasteiger partial charge in [-0.15, -0.1) is 0 Å². The van der Waals surface area contributed by atoms with E-state index in [1.165, 1.54) is 6.92 Å². The van der Waals surface area contributed by atoms with Gasteiger partial charge in [-0.05, 0) is 34.1 Å². The molecule has 2 N–H and O–H groups in total. The average Bonchev–Trinajstić information content (AvgIpc) is 2.23. The Morgan fingerprint density at radius 3 is 2.15 bits per heavy atom. The molecule has 5 heteroatoms. The van der Waals surface area contributed by atoms with Crippen LogP contribution in [0.2, 0.25) is 0 Å². The maximum Gasteiger partial charge on any atom is 0.222 e. The third-order valence-electron chi connectivity index (χ3n) is 2.95. The third-order valence-corrected chi connectivity index (χ3v) is 2.95. The van der Waals surface area contributed by atoms with Gasteiger partial charge in [-0.2, -0.15) is 0 Å². The van der Waals surface area contributed by atoms with Gasteiger partial charge in [0.2, 0.25) is 11.8 Å². The molecule has 0 bridgehead atoms. The molecule has 2 amide bonds. The number of carbonyl (C=O) groups is 2. The van der Waals surface area contributed by atoms with Crippen LogP contribution in [0.4, 0.5) is 0 Å². The fraction of sp³-hybridized carbons (Fsp3) is 0.867. The Labute approximate surface area is 122 Å². The summed E-state index contributed by atoms with van der Waals surface area (Å²) in [4.78, 5) is 22.6. The quantitative estimate of drug-likeness (QED) is 0.715. The molecule has 0 heterocycles. The van der Waals surface area contributed by atoms with Crippen molar-refractivity contribution in [2.45, 2.75) is 66.0 Å². The third kappa shape index (κ3) is 8.91. The molecule has 0 aliphatic rings. The molecule has 0 aromatic carbocycles. The summed E-state index contributed by atoms with van der Waals surface area (Å²) in [6.45, 7) is 14.0. The number of carbonyl (C=O) groups excluding carboxylic acids is 2. The van der Waals surface area contributed by atoms with Crippen LogP contribution in [0.3, 0.4) is 0 Å². The van der Waals surface area contributed by atoms with Crippen LogP contribution < -0.4 is 10.6 Å². The van der Waals surface area contributed by atoms with Gasteiger partial charge >= 0.3 is 0 Å². The lowest BCUT2D eigenvalue weighted by Gasteiger charge is -2.30. The van der Waals surface area contributed by atoms with E-state index < -0.39 is 5.60 Å². The summed E-state index contributed by atoms with van der Waals surface area (Å²) in [5.41, 5.74) is -0.708. The first-order valence-electron chi connectivity index (χ1n) is 7.16. The van der Waals surface area contributed by atoms with Crippen molar-refractivity contribution in [3.63, 3.8) is 0 Å². The van der Waals surface area contributed by atoms with Crippen molar-refractivity contribution >= 4 is 11.8 Å². The predicted octanol–water partition coefficient (Wildman–Crippen LogP) is 1.86. The number of nitrogens with one attached hydrogen (secondary N) is 2. The topological polar surface area (TPSA) is 67.4 Å². The molecule has 0 fully saturated rings. The SMILES string of the molecule is CC(=O)NC(C)(C)CCOC(C)(C)CNC(=O)C(C)C. The first-order chi connectivity index (χ1) is 8.95. The van der Waals surface area contributed by atoms with E-state index in [0.717, 1.165) is 0 Å². The van der Waals surface area contributed by atoms with E-state index in [1.54, 1.807) is 0 Å². The van der Waals surface area contributed by atoms with Gasteiger partial charge in [0.1, 0.15) is 0 Å². The van der Waals surface area contributed by atoms with Crippen LogP contribution in [0.25, 0.3) is 0 Å². The second kappa shape index (κ2) is 7.62. The Morgan fingerprint density at radius 1 is 1.15 bits per heavy atom. The largest absolute Gasteiger partial charge is 0.374 e. The number of ether oxygens (including phenoxy) is 1. The van der Waals surface area contributed by atoms with Crippen LogP contribution in [0.1, 0.15) is 54.9 Å². The lowest BCUT2D eigenvalue weighted by Crippen LogP contribution is -2.45. The molecule has 0 saturated heterocycles. The monoisotopic (exact) mass is 286 g/mol. The summed E-state index contributed by atoms with van der Waals surface area (Å²) in [6.07, 6.45) is 0.716. The number of amides is 2. The highest BCUT2D eigenvalue weighted by molar-refractivity contribution is 5.77. The summed E-state index contributed by atoms with van der Waals surface area (Å²) in [6, 6.07) is 0. The molecule has 0 aliphatic carbocycles. The first kappa shape index (κ1) is 18.9. The molecule has 0 rings (SSSR count). The normalized spacial score (nSPS) is 12.4. The van der Waals surface area contributed by atoms with E-state index in [0.29, 0.717) is 19.6 Å². The fourth-order valence-corrected chi connectivity index (χ4v) is 1.68. The van der Waals surface area contributed by atoms with Crippen molar-refractivity contribution in [3.05, 3.63) is 0 Å². The van der Waals surface area contributed by atoms with Crippen molar-refractivity contribution < 1.29 is 14.3 Å². The minimum Gasteiger partial charge on any atom is -0.374 e. The zero-order valence-electron chi connectivity index (χ0n) is 13.9. The van der Waals surface area contributed by atoms with Gasteiger partial charge in [0.25, 0.3) is 0 Å². The maximum absolute atomic E-state index is 11.5. The van der Waals surface area contributed by atoms with Gasteiger partial charge in [-0.25, -0.2) is 0 Å². The van der Waals surface area contributed by atoms with Gasteiger partial charge in [0.15, 0.2) is 0 Å². The van der Waals surface area contributed by atoms with Crippen LogP contribution in [0.5, 0.6) is 0 Å². The fourth-order valence-electron chi connectivity index (χ4n) is 1.68. The van der Waals surface area contributed by atoms with Crippen molar-refractivity contribution in [2.75, 3.05) is 13.2 Å². The Bertz CT molecular complexity index is 336. The minimum atomic E-state index is -0.420. The van der Waals surface area contributed by atoms with E-state index in [1.807, 2.05) is 41.5 Å². The Hall–Kier alpha value is -1.10. The Morgan fingerprint density at radius 2 is 1.70 bits per heavy atom. The van der Waals surface area contributed by atoms with Crippen LogP contribution in [0, 0.1) is 5.92 Å². The molecule has 0 saturated carbocycles. The maximum atomic E-state index is 11.5. The van der Waals surface area contributed by atoms with Crippen molar-refractivity contribution in [1.82, 2.24) is 10.6 Å². The lowest BCUT2D eigenvalue weighted by atomic mass is 10.0. The van der Waals surface area contributed by atoms with Crippen LogP contribution in [-0.4, -0.2) is 36.1 Å². The van der Waals surface area contributed by atoms with Gasteiger partial charge < -0.3 is 15.4 Å². The standard InChI is InChI=1S/C15H30N2O3/c1-11(2)13(19)16-10-15(6,7)20-9-8-14(4,5)17-12(3)18/h11H,8-10H2,1-7H3,(H,16,19)(H,17,18). The first-order valence-corrected chi connectivity index (χ1v) is 7.16. The molecule has 0 unspecified atom stereocenters. The van der Waals surface area contributed by atoms with Gasteiger partial charge in [-0.1, -0.05) is 13.8 Å². The minimum absolute atomic E-state index is 0.0236. The molecule has 118 valence electrons. The van der Waals surface area contributed by atoms with E-state index in [2.05, 4.69) is 10.6 Å². The van der Waals surface area contributed by atoms with Gasteiger partial charge in [-0.3, -0.25) is 9.59 Å². The summed E-state index contributed by atoms with van der Waals surface area (Å²) < 4.78 is 5.81. The summed E-state index contributed by atoms with van der Waals surface area (Å²) in [5.74, 6) is -0.0387. The molecular formula is C15H30N2O3. The highest BCUT2D eigenvalue weighted by Gasteiger charge is 2.23. The van der Waals surface area contributed by atoms with Crippen LogP contribution >= 0.6 is 0 Å². The molecule has 0 spiro atoms. The molecule has 0 aromatic heterocycles. The van der Waals surface area contributed by atoms with E-state index in [-0.39, 0.29) is 23.3 Å². The van der Waals surface area contributed by atoms with E-state index in [4.69, 9.17) is 4.74 Å². The van der Waals surface area contributed by atoms with E-state index in [9.17, 15) is 9.59 Å². The highest BCUT2D eigenvalue weighted by atomic mass is 16.5. The molecule has 0 aromatic rings. The number of hydrogen-bond acceptors (Lipinski definition) is 3. The van der Waals surface area contributed by atoms with Crippen molar-refractivity contribution in [2.24, 2.45) is 5.92 Å². The van der Waals surface area contributed by atoms with Crippen molar-refractivity contribution in [1.29, 1.82) is 0 Å². The molecule has 0 atom stereocenters. The molecular weight excluding hydrogens is 256 g/mol. The highest BCUT2D eigenvalue weighted by Crippen LogP contribution is 2.13. The van der Waals surface area contributed by atoms with E-state index >= 15 is 0 Å². The van der Waals surface area contributed by atoms with Crippen LogP contribution in [0.15, 0.2) is 0 Å². The second-order valence-electron chi connectivity index (χ2n) is 6.80. The smallest absolute Gasteiger partial charge is 0.222 e. The van der Waals surface area contributed by atoms with Gasteiger partial charge in [0, 0.05) is 31.5 Å². The molecule has 0 radical (unpaired) electrons. The zero-order valence-corrected chi connectivity index (χ0v) is 13.9. The molecule has 5 nitrogen and oxygen atoms in total. The van der Waals surface area contributed by atoms with Gasteiger partial charge in [0.05, 0.1) is 5.60 Å². The Kier molecular flexibility index (Phi) is 7.20. The summed E-state index contributed by atoms with van der Waals surface area (Å²) in [7, 11) is 0. The number of rotatable bonds is 8. The summed E-state index contributed by atoms with van der Waals surface area (Å²) >= 11 is 0. The van der Waals surface area contributed by atoms with Crippen LogP contribution in [-0.2, 0) is 14.3 Å². The summed E-state index contributed by atoms with van der Waals surface area (Å²) in [5, 5.41) is 5.75. The predicted molar refractivity (Wildman–Crippen MR) is 80.4 cm³/mol. The zero-order chi connectivity index (χ0) is 16.0. The Balaban J connectivity index is 4.10.